The number of hydrogen-bond donors (Lipinski definition) is 1. The standard InChI is InChI=1S/C20H22N2O2/c1-13-6-4-9-17(10-13)21-20(24)16-11-18(23)22(12-16)19-14(2)7-5-8-15(19)3/h4-10,16H,11-12H2,1-3H3,(H,21,24)/t16-/m1/s1. The quantitative estimate of drug-likeness (QED) is 0.938. The molecule has 0 aromatic heterocycles. The highest BCUT2D eigenvalue weighted by Crippen LogP contribution is 2.31. The van der Waals surface area contributed by atoms with E-state index >= 15 is 0 Å². The summed E-state index contributed by atoms with van der Waals surface area (Å²) in [6.45, 7) is 6.41. The van der Waals surface area contributed by atoms with Gasteiger partial charge in [-0.2, -0.15) is 0 Å². The van der Waals surface area contributed by atoms with Crippen LogP contribution in [0.4, 0.5) is 11.4 Å². The molecular weight excluding hydrogens is 300 g/mol. The van der Waals surface area contributed by atoms with E-state index in [1.165, 1.54) is 0 Å². The van der Waals surface area contributed by atoms with Crippen molar-refractivity contribution in [2.75, 3.05) is 16.8 Å². The molecule has 1 N–H and O–H groups in total. The molecule has 0 aliphatic carbocycles. The molecule has 1 saturated heterocycles. The van der Waals surface area contributed by atoms with Crippen LogP contribution in [0, 0.1) is 26.7 Å². The van der Waals surface area contributed by atoms with E-state index in [9.17, 15) is 9.59 Å². The van der Waals surface area contributed by atoms with Gasteiger partial charge < -0.3 is 10.2 Å². The molecule has 2 aromatic carbocycles. The first-order valence-electron chi connectivity index (χ1n) is 8.20. The van der Waals surface area contributed by atoms with Crippen LogP contribution >= 0.6 is 0 Å². The van der Waals surface area contributed by atoms with Gasteiger partial charge in [0.1, 0.15) is 0 Å². The number of anilines is 2. The Morgan fingerprint density at radius 2 is 1.75 bits per heavy atom. The Bertz CT molecular complexity index is 778. The van der Waals surface area contributed by atoms with E-state index in [0.29, 0.717) is 6.54 Å². The highest BCUT2D eigenvalue weighted by molar-refractivity contribution is 6.04. The third kappa shape index (κ3) is 3.18. The minimum atomic E-state index is -0.322. The number of carbonyl (C=O) groups is 2. The predicted molar refractivity (Wildman–Crippen MR) is 96.2 cm³/mol. The lowest BCUT2D eigenvalue weighted by atomic mass is 10.1. The lowest BCUT2D eigenvalue weighted by Gasteiger charge is -2.21. The lowest BCUT2D eigenvalue weighted by Crippen LogP contribution is -2.29. The number of nitrogens with zero attached hydrogens (tertiary/aromatic N) is 1. The van der Waals surface area contributed by atoms with Crippen LogP contribution in [0.1, 0.15) is 23.1 Å². The van der Waals surface area contributed by atoms with Gasteiger partial charge >= 0.3 is 0 Å². The van der Waals surface area contributed by atoms with Crippen LogP contribution < -0.4 is 10.2 Å². The summed E-state index contributed by atoms with van der Waals surface area (Å²) in [4.78, 5) is 26.7. The molecule has 0 radical (unpaired) electrons. The minimum Gasteiger partial charge on any atom is -0.326 e. The maximum absolute atomic E-state index is 12.5. The molecule has 124 valence electrons. The van der Waals surface area contributed by atoms with Crippen LogP contribution in [0.25, 0.3) is 0 Å². The van der Waals surface area contributed by atoms with Gasteiger partial charge in [-0.25, -0.2) is 0 Å². The van der Waals surface area contributed by atoms with E-state index in [4.69, 9.17) is 0 Å². The first-order valence-corrected chi connectivity index (χ1v) is 8.20. The van der Waals surface area contributed by atoms with Crippen LogP contribution in [-0.2, 0) is 9.59 Å². The normalized spacial score (nSPS) is 17.2. The number of rotatable bonds is 3. The fourth-order valence-electron chi connectivity index (χ4n) is 3.30. The van der Waals surface area contributed by atoms with Crippen molar-refractivity contribution in [1.82, 2.24) is 0 Å². The third-order valence-corrected chi connectivity index (χ3v) is 4.49. The Labute approximate surface area is 142 Å². The largest absolute Gasteiger partial charge is 0.326 e. The minimum absolute atomic E-state index is 0.0109. The fraction of sp³-hybridized carbons (Fsp3) is 0.300. The smallest absolute Gasteiger partial charge is 0.229 e. The molecule has 1 aliphatic rings. The molecule has 1 heterocycles. The van der Waals surface area contributed by atoms with E-state index in [0.717, 1.165) is 28.1 Å². The zero-order chi connectivity index (χ0) is 17.3. The number of amides is 2. The van der Waals surface area contributed by atoms with Crippen LogP contribution in [0.2, 0.25) is 0 Å². The first-order chi connectivity index (χ1) is 11.5. The summed E-state index contributed by atoms with van der Waals surface area (Å²) in [5.41, 5.74) is 4.92. The molecule has 0 spiro atoms. The molecule has 0 saturated carbocycles. The Balaban J connectivity index is 1.76. The van der Waals surface area contributed by atoms with Gasteiger partial charge in [-0.05, 0) is 49.6 Å². The summed E-state index contributed by atoms with van der Waals surface area (Å²) in [6, 6.07) is 13.7. The Hall–Kier alpha value is -2.62. The SMILES string of the molecule is Cc1cccc(NC(=O)[C@@H]2CC(=O)N(c3c(C)cccc3C)C2)c1. The van der Waals surface area contributed by atoms with Crippen molar-refractivity contribution in [3.8, 4) is 0 Å². The second-order valence-corrected chi connectivity index (χ2v) is 6.50. The van der Waals surface area contributed by atoms with E-state index in [2.05, 4.69) is 5.32 Å². The molecular formula is C20H22N2O2. The van der Waals surface area contributed by atoms with Crippen molar-refractivity contribution in [3.05, 3.63) is 59.2 Å². The van der Waals surface area contributed by atoms with Gasteiger partial charge in [-0.3, -0.25) is 9.59 Å². The van der Waals surface area contributed by atoms with Crippen LogP contribution in [-0.4, -0.2) is 18.4 Å². The number of benzene rings is 2. The van der Waals surface area contributed by atoms with Gasteiger partial charge in [0.05, 0.1) is 5.92 Å². The molecule has 4 nitrogen and oxygen atoms in total. The lowest BCUT2D eigenvalue weighted by molar-refractivity contribution is -0.122. The first kappa shape index (κ1) is 16.2. The Morgan fingerprint density at radius 1 is 1.08 bits per heavy atom. The average Bonchev–Trinajstić information content (AvgIpc) is 2.89. The zero-order valence-electron chi connectivity index (χ0n) is 14.3. The molecule has 1 atom stereocenters. The number of aryl methyl sites for hydroxylation is 3. The highest BCUT2D eigenvalue weighted by Gasteiger charge is 2.36. The number of nitrogens with one attached hydrogen (secondary N) is 1. The van der Waals surface area contributed by atoms with Crippen LogP contribution in [0.3, 0.4) is 0 Å². The predicted octanol–water partition coefficient (Wildman–Crippen LogP) is 3.60. The molecule has 3 rings (SSSR count). The second-order valence-electron chi connectivity index (χ2n) is 6.50. The fourth-order valence-corrected chi connectivity index (χ4v) is 3.30. The summed E-state index contributed by atoms with van der Waals surface area (Å²) < 4.78 is 0. The maximum Gasteiger partial charge on any atom is 0.229 e. The molecule has 1 aliphatic heterocycles. The van der Waals surface area contributed by atoms with E-state index in [1.54, 1.807) is 4.90 Å². The molecule has 2 aromatic rings. The van der Waals surface area contributed by atoms with E-state index in [-0.39, 0.29) is 24.2 Å². The molecule has 4 heteroatoms. The molecule has 24 heavy (non-hydrogen) atoms. The molecule has 1 fully saturated rings. The monoisotopic (exact) mass is 322 g/mol. The maximum atomic E-state index is 12.5. The summed E-state index contributed by atoms with van der Waals surface area (Å²) in [6.07, 6.45) is 0.255. The van der Waals surface area contributed by atoms with Crippen molar-refractivity contribution in [2.24, 2.45) is 5.92 Å². The summed E-state index contributed by atoms with van der Waals surface area (Å²) in [7, 11) is 0. The second kappa shape index (κ2) is 6.48. The molecule has 0 unspecified atom stereocenters. The van der Waals surface area contributed by atoms with Crippen molar-refractivity contribution < 1.29 is 9.59 Å². The van der Waals surface area contributed by atoms with E-state index < -0.39 is 0 Å². The van der Waals surface area contributed by atoms with E-state index in [1.807, 2.05) is 63.2 Å². The Kier molecular flexibility index (Phi) is 4.38. The summed E-state index contributed by atoms with van der Waals surface area (Å²) in [5.74, 6) is -0.406. The highest BCUT2D eigenvalue weighted by atomic mass is 16.2. The van der Waals surface area contributed by atoms with Crippen molar-refractivity contribution in [1.29, 1.82) is 0 Å². The van der Waals surface area contributed by atoms with Crippen LogP contribution in [0.15, 0.2) is 42.5 Å². The molecule has 2 amide bonds. The van der Waals surface area contributed by atoms with Gasteiger partial charge in [-0.15, -0.1) is 0 Å². The number of carbonyl (C=O) groups excluding carboxylic acids is 2. The summed E-state index contributed by atoms with van der Waals surface area (Å²) in [5, 5.41) is 2.93. The number of para-hydroxylation sites is 1. The van der Waals surface area contributed by atoms with Gasteiger partial charge in [0.2, 0.25) is 11.8 Å². The van der Waals surface area contributed by atoms with Gasteiger partial charge in [0.25, 0.3) is 0 Å². The van der Waals surface area contributed by atoms with Crippen LogP contribution in [0.5, 0.6) is 0 Å². The number of hydrogen-bond acceptors (Lipinski definition) is 2. The van der Waals surface area contributed by atoms with Gasteiger partial charge in [0.15, 0.2) is 0 Å². The summed E-state index contributed by atoms with van der Waals surface area (Å²) >= 11 is 0. The zero-order valence-corrected chi connectivity index (χ0v) is 14.3. The van der Waals surface area contributed by atoms with Crippen molar-refractivity contribution in [3.63, 3.8) is 0 Å². The van der Waals surface area contributed by atoms with Gasteiger partial charge in [0, 0.05) is 24.3 Å². The van der Waals surface area contributed by atoms with Crippen molar-refractivity contribution in [2.45, 2.75) is 27.2 Å². The Morgan fingerprint density at radius 3 is 2.42 bits per heavy atom. The average molecular weight is 322 g/mol. The topological polar surface area (TPSA) is 49.4 Å². The van der Waals surface area contributed by atoms with Gasteiger partial charge in [-0.1, -0.05) is 30.3 Å². The third-order valence-electron chi connectivity index (χ3n) is 4.49. The molecule has 0 bridgehead atoms. The van der Waals surface area contributed by atoms with Crippen molar-refractivity contribution >= 4 is 23.2 Å².